The van der Waals surface area contributed by atoms with Crippen molar-refractivity contribution in [1.82, 2.24) is 9.97 Å². The summed E-state index contributed by atoms with van der Waals surface area (Å²) in [5.74, 6) is 0.955. The summed E-state index contributed by atoms with van der Waals surface area (Å²) in [5.41, 5.74) is 2.13. The van der Waals surface area contributed by atoms with E-state index in [1.807, 2.05) is 18.5 Å². The number of thioether (sulfide) groups is 1. The predicted octanol–water partition coefficient (Wildman–Crippen LogP) is 4.18. The molecule has 5 heteroatoms. The van der Waals surface area contributed by atoms with E-state index in [1.165, 1.54) is 4.90 Å². The summed E-state index contributed by atoms with van der Waals surface area (Å²) in [4.78, 5) is 12.1. The molecule has 19 heavy (non-hydrogen) atoms. The molecule has 0 aliphatic heterocycles. The van der Waals surface area contributed by atoms with Crippen LogP contribution < -0.4 is 4.90 Å². The van der Waals surface area contributed by atoms with Gasteiger partial charge in [-0.1, -0.05) is 0 Å². The summed E-state index contributed by atoms with van der Waals surface area (Å²) >= 11 is 3.42. The molecule has 2 aromatic heterocycles. The fourth-order valence-electron chi connectivity index (χ4n) is 1.94. The van der Waals surface area contributed by atoms with Crippen LogP contribution in [0.1, 0.15) is 0 Å². The van der Waals surface area contributed by atoms with Gasteiger partial charge in [0.25, 0.3) is 0 Å². The summed E-state index contributed by atoms with van der Waals surface area (Å²) in [5, 5.41) is 2.05. The van der Waals surface area contributed by atoms with Crippen molar-refractivity contribution in [3.8, 4) is 0 Å². The Morgan fingerprint density at radius 1 is 1.11 bits per heavy atom. The van der Waals surface area contributed by atoms with E-state index in [1.54, 1.807) is 29.4 Å². The van der Waals surface area contributed by atoms with E-state index in [4.69, 9.17) is 0 Å². The molecule has 0 spiro atoms. The molecule has 3 nitrogen and oxygen atoms in total. The molecule has 3 rings (SSSR count). The highest BCUT2D eigenvalue weighted by atomic mass is 32.2. The molecule has 0 radical (unpaired) electrons. The standard InChI is InChI=1S/C14H13N3S2/c1-17(10-3-5-11(18-2)6-4-10)14-13-12(7-8-19-13)15-9-16-14/h3-9H,1-2H3. The van der Waals surface area contributed by atoms with Crippen molar-refractivity contribution in [2.45, 2.75) is 4.90 Å². The molecule has 3 aromatic rings. The van der Waals surface area contributed by atoms with Gasteiger partial charge in [-0.05, 0) is 42.0 Å². The first-order valence-corrected chi connectivity index (χ1v) is 7.96. The first kappa shape index (κ1) is 12.4. The summed E-state index contributed by atoms with van der Waals surface area (Å²) in [6.45, 7) is 0. The topological polar surface area (TPSA) is 29.0 Å². The van der Waals surface area contributed by atoms with Crippen LogP contribution in [-0.2, 0) is 0 Å². The molecule has 0 saturated heterocycles. The van der Waals surface area contributed by atoms with Gasteiger partial charge in [0.1, 0.15) is 6.33 Å². The number of nitrogens with zero attached hydrogens (tertiary/aromatic N) is 3. The largest absolute Gasteiger partial charge is 0.328 e. The highest BCUT2D eigenvalue weighted by Crippen LogP contribution is 2.31. The lowest BCUT2D eigenvalue weighted by molar-refractivity contribution is 1.11. The average molecular weight is 287 g/mol. The second kappa shape index (κ2) is 5.19. The summed E-state index contributed by atoms with van der Waals surface area (Å²) in [7, 11) is 2.04. The van der Waals surface area contributed by atoms with Gasteiger partial charge in [-0.2, -0.15) is 0 Å². The van der Waals surface area contributed by atoms with Crippen LogP contribution in [0.25, 0.3) is 10.2 Å². The van der Waals surface area contributed by atoms with Crippen LogP contribution in [0.5, 0.6) is 0 Å². The van der Waals surface area contributed by atoms with Gasteiger partial charge in [-0.25, -0.2) is 9.97 Å². The minimum Gasteiger partial charge on any atom is -0.328 e. The zero-order valence-corrected chi connectivity index (χ0v) is 12.3. The smallest absolute Gasteiger partial charge is 0.154 e. The molecule has 0 fully saturated rings. The van der Waals surface area contributed by atoms with Crippen LogP contribution in [0.4, 0.5) is 11.5 Å². The SMILES string of the molecule is CSc1ccc(N(C)c2ncnc3ccsc23)cc1. The van der Waals surface area contributed by atoms with Crippen LogP contribution in [0.15, 0.2) is 46.9 Å². The van der Waals surface area contributed by atoms with Crippen molar-refractivity contribution in [3.05, 3.63) is 42.0 Å². The van der Waals surface area contributed by atoms with E-state index in [0.717, 1.165) is 21.7 Å². The quantitative estimate of drug-likeness (QED) is 0.676. The maximum atomic E-state index is 4.42. The van der Waals surface area contributed by atoms with E-state index >= 15 is 0 Å². The Balaban J connectivity index is 2.02. The molecule has 0 saturated carbocycles. The number of fused-ring (bicyclic) bond motifs is 1. The number of thiophene rings is 1. The van der Waals surface area contributed by atoms with Crippen molar-refractivity contribution >= 4 is 44.8 Å². The second-order valence-corrected chi connectivity index (χ2v) is 5.89. The molecular weight excluding hydrogens is 274 g/mol. The Hall–Kier alpha value is -1.59. The van der Waals surface area contributed by atoms with E-state index in [0.29, 0.717) is 0 Å². The lowest BCUT2D eigenvalue weighted by Crippen LogP contribution is -2.11. The Kier molecular flexibility index (Phi) is 3.40. The van der Waals surface area contributed by atoms with Gasteiger partial charge >= 0.3 is 0 Å². The third-order valence-corrected chi connectivity index (χ3v) is 4.64. The maximum Gasteiger partial charge on any atom is 0.154 e. The average Bonchev–Trinajstić information content (AvgIpc) is 2.95. The molecule has 0 bridgehead atoms. The fraction of sp³-hybridized carbons (Fsp3) is 0.143. The number of anilines is 2. The third-order valence-electron chi connectivity index (χ3n) is 3.00. The second-order valence-electron chi connectivity index (χ2n) is 4.09. The van der Waals surface area contributed by atoms with E-state index in [2.05, 4.69) is 45.4 Å². The van der Waals surface area contributed by atoms with E-state index in [-0.39, 0.29) is 0 Å². The van der Waals surface area contributed by atoms with Gasteiger partial charge < -0.3 is 4.90 Å². The molecule has 0 aliphatic rings. The molecule has 0 aliphatic carbocycles. The number of hydrogen-bond acceptors (Lipinski definition) is 5. The molecule has 0 atom stereocenters. The van der Waals surface area contributed by atoms with Gasteiger partial charge in [-0.15, -0.1) is 23.1 Å². The van der Waals surface area contributed by atoms with Crippen LogP contribution in [0.3, 0.4) is 0 Å². The van der Waals surface area contributed by atoms with E-state index in [9.17, 15) is 0 Å². The van der Waals surface area contributed by atoms with Crippen molar-refractivity contribution in [2.24, 2.45) is 0 Å². The monoisotopic (exact) mass is 287 g/mol. The number of rotatable bonds is 3. The Bertz CT molecular complexity index is 691. The molecule has 0 unspecified atom stereocenters. The molecule has 96 valence electrons. The number of aromatic nitrogens is 2. The van der Waals surface area contributed by atoms with Gasteiger partial charge in [0.05, 0.1) is 10.2 Å². The number of hydrogen-bond donors (Lipinski definition) is 0. The van der Waals surface area contributed by atoms with Crippen molar-refractivity contribution < 1.29 is 0 Å². The Morgan fingerprint density at radius 3 is 2.63 bits per heavy atom. The zero-order valence-electron chi connectivity index (χ0n) is 10.7. The lowest BCUT2D eigenvalue weighted by atomic mass is 10.3. The van der Waals surface area contributed by atoms with Gasteiger partial charge in [-0.3, -0.25) is 0 Å². The minimum absolute atomic E-state index is 0.955. The first-order chi connectivity index (χ1) is 9.29. The van der Waals surface area contributed by atoms with Gasteiger partial charge in [0.15, 0.2) is 5.82 Å². The highest BCUT2D eigenvalue weighted by molar-refractivity contribution is 7.98. The third kappa shape index (κ3) is 2.31. The highest BCUT2D eigenvalue weighted by Gasteiger charge is 2.11. The molecular formula is C14H13N3S2. The predicted molar refractivity (Wildman–Crippen MR) is 83.7 cm³/mol. The first-order valence-electron chi connectivity index (χ1n) is 5.85. The Morgan fingerprint density at radius 2 is 1.89 bits per heavy atom. The van der Waals surface area contributed by atoms with E-state index < -0.39 is 0 Å². The Labute approximate surface area is 120 Å². The maximum absolute atomic E-state index is 4.42. The van der Waals surface area contributed by atoms with Gasteiger partial charge in [0, 0.05) is 17.6 Å². The summed E-state index contributed by atoms with van der Waals surface area (Å²) in [6.07, 6.45) is 3.70. The summed E-state index contributed by atoms with van der Waals surface area (Å²) < 4.78 is 1.12. The van der Waals surface area contributed by atoms with Crippen LogP contribution in [-0.4, -0.2) is 23.3 Å². The molecule has 2 heterocycles. The van der Waals surface area contributed by atoms with Crippen molar-refractivity contribution in [3.63, 3.8) is 0 Å². The van der Waals surface area contributed by atoms with Crippen molar-refractivity contribution in [1.29, 1.82) is 0 Å². The van der Waals surface area contributed by atoms with Crippen molar-refractivity contribution in [2.75, 3.05) is 18.2 Å². The fourth-order valence-corrected chi connectivity index (χ4v) is 3.22. The van der Waals surface area contributed by atoms with Gasteiger partial charge in [0.2, 0.25) is 0 Å². The molecule has 1 aromatic carbocycles. The van der Waals surface area contributed by atoms with Crippen LogP contribution in [0, 0.1) is 0 Å². The minimum atomic E-state index is 0.955. The summed E-state index contributed by atoms with van der Waals surface area (Å²) in [6, 6.07) is 10.5. The normalized spacial score (nSPS) is 10.8. The zero-order chi connectivity index (χ0) is 13.2. The lowest BCUT2D eigenvalue weighted by Gasteiger charge is -2.18. The molecule has 0 amide bonds. The number of benzene rings is 1. The van der Waals surface area contributed by atoms with Crippen LogP contribution in [0.2, 0.25) is 0 Å². The molecule has 0 N–H and O–H groups in total. The van der Waals surface area contributed by atoms with Crippen LogP contribution >= 0.6 is 23.1 Å².